The lowest BCUT2D eigenvalue weighted by Crippen LogP contribution is -2.03. The molecule has 0 radical (unpaired) electrons. The first-order valence-electron chi connectivity index (χ1n) is 4.64. The van der Waals surface area contributed by atoms with Gasteiger partial charge in [0, 0.05) is 6.07 Å². The quantitative estimate of drug-likeness (QED) is 0.202. The molecular weight excluding hydrogens is 260 g/mol. The molecule has 7 nitrogen and oxygen atoms in total. The highest BCUT2D eigenvalue weighted by molar-refractivity contribution is 8.00. The lowest BCUT2D eigenvalue weighted by molar-refractivity contribution is -0.387. The first kappa shape index (κ1) is 13.9. The van der Waals surface area contributed by atoms with Crippen molar-refractivity contribution in [2.24, 2.45) is 4.99 Å². The van der Waals surface area contributed by atoms with Gasteiger partial charge in [-0.3, -0.25) is 14.9 Å². The maximum absolute atomic E-state index is 11.0. The average molecular weight is 268 g/mol. The van der Waals surface area contributed by atoms with E-state index in [0.717, 1.165) is 17.8 Å². The van der Waals surface area contributed by atoms with Crippen molar-refractivity contribution in [3.8, 4) is 0 Å². The van der Waals surface area contributed by atoms with Crippen LogP contribution in [0.25, 0.3) is 0 Å². The first-order chi connectivity index (χ1) is 8.58. The molecule has 18 heavy (non-hydrogen) atoms. The van der Waals surface area contributed by atoms with E-state index in [9.17, 15) is 19.7 Å². The molecule has 0 unspecified atom stereocenters. The third kappa shape index (κ3) is 3.69. The fourth-order valence-electron chi connectivity index (χ4n) is 1.09. The average Bonchev–Trinajstić information content (AvgIpc) is 2.36. The lowest BCUT2D eigenvalue weighted by atomic mass is 10.3. The van der Waals surface area contributed by atoms with Crippen LogP contribution in [0.1, 0.15) is 0 Å². The summed E-state index contributed by atoms with van der Waals surface area (Å²) in [6, 6.07) is 3.99. The third-order valence-corrected chi connectivity index (χ3v) is 2.92. The van der Waals surface area contributed by atoms with Crippen LogP contribution in [0.4, 0.5) is 11.4 Å². The molecule has 0 aliphatic heterocycles. The fraction of sp³-hybridized carbons (Fsp3) is 0.200. The van der Waals surface area contributed by atoms with Gasteiger partial charge in [-0.05, 0) is 12.1 Å². The summed E-state index contributed by atoms with van der Waals surface area (Å²) in [7, 11) is 1.24. The topological polar surface area (TPSA) is 98.9 Å². The van der Waals surface area contributed by atoms with Gasteiger partial charge in [-0.15, -0.1) is 11.8 Å². The highest BCUT2D eigenvalue weighted by Crippen LogP contribution is 2.32. The van der Waals surface area contributed by atoms with E-state index in [1.165, 1.54) is 25.3 Å². The molecule has 0 aromatic heterocycles. The Balaban J connectivity index is 3.00. The Bertz CT molecular complexity index is 525. The minimum Gasteiger partial charge on any atom is -0.468 e. The smallest absolute Gasteiger partial charge is 0.315 e. The van der Waals surface area contributed by atoms with Crippen molar-refractivity contribution in [3.05, 3.63) is 28.3 Å². The van der Waals surface area contributed by atoms with Crippen LogP contribution in [0.2, 0.25) is 0 Å². The summed E-state index contributed by atoms with van der Waals surface area (Å²) in [5.41, 5.74) is -0.0838. The predicted octanol–water partition coefficient (Wildman–Crippen LogP) is 1.83. The Hall–Kier alpha value is -2.18. The second-order valence-corrected chi connectivity index (χ2v) is 3.99. The van der Waals surface area contributed by atoms with Crippen LogP contribution in [0.5, 0.6) is 0 Å². The molecule has 0 amide bonds. The van der Waals surface area contributed by atoms with E-state index in [2.05, 4.69) is 9.73 Å². The van der Waals surface area contributed by atoms with Crippen molar-refractivity contribution in [2.75, 3.05) is 12.9 Å². The number of hydrogen-bond acceptors (Lipinski definition) is 7. The number of nitrogens with zero attached hydrogens (tertiary/aromatic N) is 2. The zero-order valence-electron chi connectivity index (χ0n) is 9.28. The highest BCUT2D eigenvalue weighted by Gasteiger charge is 2.16. The summed E-state index contributed by atoms with van der Waals surface area (Å²) >= 11 is 0.978. The maximum Gasteiger partial charge on any atom is 0.315 e. The van der Waals surface area contributed by atoms with Crippen molar-refractivity contribution in [1.29, 1.82) is 0 Å². The van der Waals surface area contributed by atoms with Gasteiger partial charge in [0.15, 0.2) is 0 Å². The molecule has 0 fully saturated rings. The summed E-state index contributed by atoms with van der Waals surface area (Å²) in [6.45, 7) is 0. The summed E-state index contributed by atoms with van der Waals surface area (Å²) < 4.78 is 4.44. The van der Waals surface area contributed by atoms with Gasteiger partial charge in [0.1, 0.15) is 0 Å². The zero-order chi connectivity index (χ0) is 13.5. The third-order valence-electron chi connectivity index (χ3n) is 1.89. The van der Waals surface area contributed by atoms with Crippen molar-refractivity contribution in [2.45, 2.75) is 4.90 Å². The Morgan fingerprint density at radius 1 is 1.61 bits per heavy atom. The van der Waals surface area contributed by atoms with E-state index in [4.69, 9.17) is 0 Å². The molecule has 8 heteroatoms. The molecule has 0 aliphatic carbocycles. The largest absolute Gasteiger partial charge is 0.468 e. The maximum atomic E-state index is 11.0. The Kier molecular flexibility index (Phi) is 5.04. The van der Waals surface area contributed by atoms with Crippen LogP contribution in [0.15, 0.2) is 28.1 Å². The van der Waals surface area contributed by atoms with Gasteiger partial charge in [-0.25, -0.2) is 4.79 Å². The van der Waals surface area contributed by atoms with Gasteiger partial charge >= 0.3 is 5.97 Å². The number of aliphatic imine (C=N–C) groups is 1. The summed E-state index contributed by atoms with van der Waals surface area (Å²) in [5, 5.41) is 10.8. The second kappa shape index (κ2) is 6.53. The van der Waals surface area contributed by atoms with Crippen LogP contribution in [-0.4, -0.2) is 29.8 Å². The highest BCUT2D eigenvalue weighted by atomic mass is 32.2. The normalized spacial score (nSPS) is 9.39. The molecule has 0 atom stereocenters. The van der Waals surface area contributed by atoms with Crippen LogP contribution in [0.3, 0.4) is 0 Å². The number of isocyanates is 1. The first-order valence-corrected chi connectivity index (χ1v) is 5.63. The number of nitro groups is 1. The summed E-state index contributed by atoms with van der Waals surface area (Å²) in [5.74, 6) is -0.516. The van der Waals surface area contributed by atoms with Crippen molar-refractivity contribution in [3.63, 3.8) is 0 Å². The van der Waals surface area contributed by atoms with Crippen LogP contribution in [-0.2, 0) is 14.3 Å². The molecule has 1 aromatic carbocycles. The summed E-state index contributed by atoms with van der Waals surface area (Å²) in [4.78, 5) is 34.8. The molecule has 0 N–H and O–H groups in total. The van der Waals surface area contributed by atoms with E-state index >= 15 is 0 Å². The standard InChI is InChI=1S/C10H8N2O5S/c1-17-10(14)5-18-9-3-2-7(11-6-13)4-8(9)12(15)16/h2-4H,5H2,1H3. The fourth-order valence-corrected chi connectivity index (χ4v) is 1.93. The Morgan fingerprint density at radius 2 is 2.33 bits per heavy atom. The van der Waals surface area contributed by atoms with E-state index in [0.29, 0.717) is 4.90 Å². The van der Waals surface area contributed by atoms with Crippen molar-refractivity contribution >= 4 is 35.2 Å². The lowest BCUT2D eigenvalue weighted by Gasteiger charge is -2.02. The molecule has 0 aliphatic rings. The molecule has 94 valence electrons. The van der Waals surface area contributed by atoms with E-state index in [1.54, 1.807) is 0 Å². The molecule has 0 heterocycles. The van der Waals surface area contributed by atoms with Gasteiger partial charge < -0.3 is 4.74 Å². The number of thioether (sulfide) groups is 1. The number of nitro benzene ring substituents is 1. The molecule has 0 saturated heterocycles. The number of esters is 1. The molecule has 0 bridgehead atoms. The van der Waals surface area contributed by atoms with Gasteiger partial charge in [-0.2, -0.15) is 4.99 Å². The molecule has 0 spiro atoms. The van der Waals surface area contributed by atoms with Crippen LogP contribution in [0, 0.1) is 10.1 Å². The molecule has 1 aromatic rings. The van der Waals surface area contributed by atoms with Crippen molar-refractivity contribution < 1.29 is 19.2 Å². The zero-order valence-corrected chi connectivity index (χ0v) is 10.1. The number of carbonyl (C=O) groups is 1. The van der Waals surface area contributed by atoms with Gasteiger partial charge in [-0.1, -0.05) is 0 Å². The number of rotatable bonds is 5. The van der Waals surface area contributed by atoms with Crippen LogP contribution >= 0.6 is 11.8 Å². The second-order valence-electron chi connectivity index (χ2n) is 2.98. The Morgan fingerprint density at radius 3 is 2.89 bits per heavy atom. The van der Waals surface area contributed by atoms with Gasteiger partial charge in [0.25, 0.3) is 5.69 Å². The van der Waals surface area contributed by atoms with E-state index < -0.39 is 10.9 Å². The number of methoxy groups -OCH3 is 1. The molecule has 0 saturated carbocycles. The van der Waals surface area contributed by atoms with E-state index in [-0.39, 0.29) is 17.1 Å². The number of hydrogen-bond donors (Lipinski definition) is 0. The monoisotopic (exact) mass is 268 g/mol. The minimum atomic E-state index is -0.608. The minimum absolute atomic E-state index is 0.0341. The number of benzene rings is 1. The summed E-state index contributed by atoms with van der Waals surface area (Å²) in [6.07, 6.45) is 1.30. The van der Waals surface area contributed by atoms with Crippen molar-refractivity contribution in [1.82, 2.24) is 0 Å². The predicted molar refractivity (Wildman–Crippen MR) is 63.6 cm³/mol. The van der Waals surface area contributed by atoms with Gasteiger partial charge in [0.2, 0.25) is 6.08 Å². The van der Waals surface area contributed by atoms with E-state index in [1.807, 2.05) is 0 Å². The molecule has 1 rings (SSSR count). The van der Waals surface area contributed by atoms with Gasteiger partial charge in [0.05, 0.1) is 28.4 Å². The molecular formula is C10H8N2O5S. The Labute approximate surface area is 106 Å². The number of ether oxygens (including phenoxy) is 1. The van der Waals surface area contributed by atoms with Crippen LogP contribution < -0.4 is 0 Å². The SMILES string of the molecule is COC(=O)CSc1ccc(N=C=O)cc1[N+](=O)[O-]. The number of carbonyl (C=O) groups excluding carboxylic acids is 2.